The first kappa shape index (κ1) is 14.4. The third-order valence-corrected chi connectivity index (χ3v) is 4.62. The molecule has 1 heterocycles. The number of fused-ring (bicyclic) bond motifs is 1. The molecule has 0 atom stereocenters. The molecule has 0 saturated carbocycles. The standard InChI is InChI=1S/C15H15N3O3S/c1-10-16-14-8-3-11(9-15(14)17-10)18-22(19,20)13-6-4-12(21-2)5-7-13/h3-9,18H,1-2H3,(H,16,17). The summed E-state index contributed by atoms with van der Waals surface area (Å²) in [6, 6.07) is 11.4. The maximum absolute atomic E-state index is 12.4. The van der Waals surface area contributed by atoms with Gasteiger partial charge < -0.3 is 9.72 Å². The molecule has 6 nitrogen and oxygen atoms in total. The number of nitrogens with zero attached hydrogens (tertiary/aromatic N) is 1. The van der Waals surface area contributed by atoms with E-state index in [1.165, 1.54) is 19.2 Å². The molecule has 0 aliphatic heterocycles. The van der Waals surface area contributed by atoms with Crippen molar-refractivity contribution in [3.8, 4) is 5.75 Å². The number of H-pyrrole nitrogens is 1. The number of ether oxygens (including phenoxy) is 1. The number of hydrogen-bond donors (Lipinski definition) is 2. The van der Waals surface area contributed by atoms with Crippen molar-refractivity contribution in [2.75, 3.05) is 11.8 Å². The highest BCUT2D eigenvalue weighted by molar-refractivity contribution is 7.92. The normalized spacial score (nSPS) is 11.5. The van der Waals surface area contributed by atoms with Crippen molar-refractivity contribution < 1.29 is 13.2 Å². The van der Waals surface area contributed by atoms with Crippen LogP contribution in [-0.2, 0) is 10.0 Å². The second-order valence-electron chi connectivity index (χ2n) is 4.84. The lowest BCUT2D eigenvalue weighted by molar-refractivity contribution is 0.414. The number of nitrogens with one attached hydrogen (secondary N) is 2. The number of aromatic nitrogens is 2. The lowest BCUT2D eigenvalue weighted by Gasteiger charge is -2.08. The Morgan fingerprint density at radius 3 is 2.55 bits per heavy atom. The van der Waals surface area contributed by atoms with Crippen LogP contribution in [0.3, 0.4) is 0 Å². The van der Waals surface area contributed by atoms with E-state index in [0.29, 0.717) is 11.4 Å². The van der Waals surface area contributed by atoms with Gasteiger partial charge in [0.1, 0.15) is 11.6 Å². The Morgan fingerprint density at radius 2 is 1.86 bits per heavy atom. The van der Waals surface area contributed by atoms with Gasteiger partial charge in [0.05, 0.1) is 28.7 Å². The van der Waals surface area contributed by atoms with Gasteiger partial charge in [0.2, 0.25) is 0 Å². The predicted octanol–water partition coefficient (Wildman–Crippen LogP) is 2.68. The summed E-state index contributed by atoms with van der Waals surface area (Å²) in [6.07, 6.45) is 0. The highest BCUT2D eigenvalue weighted by Gasteiger charge is 2.14. The van der Waals surface area contributed by atoms with Crippen molar-refractivity contribution in [2.45, 2.75) is 11.8 Å². The molecule has 2 aromatic carbocycles. The predicted molar refractivity (Wildman–Crippen MR) is 84.6 cm³/mol. The summed E-state index contributed by atoms with van der Waals surface area (Å²) in [5, 5.41) is 0. The van der Waals surface area contributed by atoms with Crippen LogP contribution in [0.4, 0.5) is 5.69 Å². The lowest BCUT2D eigenvalue weighted by atomic mass is 10.3. The molecule has 22 heavy (non-hydrogen) atoms. The zero-order valence-electron chi connectivity index (χ0n) is 12.1. The third-order valence-electron chi connectivity index (χ3n) is 3.22. The van der Waals surface area contributed by atoms with E-state index in [0.717, 1.165) is 16.9 Å². The van der Waals surface area contributed by atoms with Gasteiger partial charge in [-0.25, -0.2) is 13.4 Å². The van der Waals surface area contributed by atoms with Gasteiger partial charge in [-0.1, -0.05) is 0 Å². The highest BCUT2D eigenvalue weighted by atomic mass is 32.2. The van der Waals surface area contributed by atoms with Gasteiger partial charge in [-0.15, -0.1) is 0 Å². The molecule has 3 aromatic rings. The van der Waals surface area contributed by atoms with Gasteiger partial charge in [-0.05, 0) is 49.4 Å². The Bertz CT molecular complexity index is 915. The zero-order valence-corrected chi connectivity index (χ0v) is 12.9. The second-order valence-corrected chi connectivity index (χ2v) is 6.52. The van der Waals surface area contributed by atoms with E-state index < -0.39 is 10.0 Å². The van der Waals surface area contributed by atoms with E-state index in [2.05, 4.69) is 14.7 Å². The molecule has 7 heteroatoms. The van der Waals surface area contributed by atoms with Gasteiger partial charge in [0, 0.05) is 0 Å². The van der Waals surface area contributed by atoms with Crippen LogP contribution in [0.2, 0.25) is 0 Å². The molecule has 0 fully saturated rings. The number of aromatic amines is 1. The smallest absolute Gasteiger partial charge is 0.261 e. The van der Waals surface area contributed by atoms with E-state index >= 15 is 0 Å². The number of anilines is 1. The molecule has 0 unspecified atom stereocenters. The quantitative estimate of drug-likeness (QED) is 0.775. The molecular weight excluding hydrogens is 302 g/mol. The largest absolute Gasteiger partial charge is 0.497 e. The molecule has 1 aromatic heterocycles. The Labute approximate surface area is 128 Å². The van der Waals surface area contributed by atoms with Crippen LogP contribution < -0.4 is 9.46 Å². The molecule has 0 amide bonds. The van der Waals surface area contributed by atoms with Crippen LogP contribution in [0.15, 0.2) is 47.4 Å². The molecule has 0 radical (unpaired) electrons. The zero-order chi connectivity index (χ0) is 15.7. The van der Waals surface area contributed by atoms with Gasteiger partial charge >= 0.3 is 0 Å². The molecule has 2 N–H and O–H groups in total. The number of hydrogen-bond acceptors (Lipinski definition) is 4. The van der Waals surface area contributed by atoms with Crippen molar-refractivity contribution in [1.82, 2.24) is 9.97 Å². The van der Waals surface area contributed by atoms with Crippen LogP contribution in [0.25, 0.3) is 11.0 Å². The number of benzene rings is 2. The molecular formula is C15H15N3O3S. The van der Waals surface area contributed by atoms with E-state index in [1.54, 1.807) is 30.3 Å². The number of rotatable bonds is 4. The van der Waals surface area contributed by atoms with Crippen molar-refractivity contribution in [1.29, 1.82) is 0 Å². The molecule has 0 bridgehead atoms. The lowest BCUT2D eigenvalue weighted by Crippen LogP contribution is -2.12. The van der Waals surface area contributed by atoms with Crippen molar-refractivity contribution in [3.05, 3.63) is 48.3 Å². The van der Waals surface area contributed by atoms with Crippen LogP contribution in [-0.4, -0.2) is 25.5 Å². The summed E-state index contributed by atoms with van der Waals surface area (Å²) in [4.78, 5) is 7.53. The first-order chi connectivity index (χ1) is 10.5. The summed E-state index contributed by atoms with van der Waals surface area (Å²) in [5.74, 6) is 1.39. The van der Waals surface area contributed by atoms with Crippen LogP contribution in [0.1, 0.15) is 5.82 Å². The number of imidazole rings is 1. The minimum absolute atomic E-state index is 0.175. The third kappa shape index (κ3) is 2.75. The fourth-order valence-electron chi connectivity index (χ4n) is 2.17. The number of sulfonamides is 1. The van der Waals surface area contributed by atoms with Gasteiger partial charge in [-0.3, -0.25) is 4.72 Å². The molecule has 0 aliphatic carbocycles. The van der Waals surface area contributed by atoms with Crippen molar-refractivity contribution in [2.24, 2.45) is 0 Å². The van der Waals surface area contributed by atoms with E-state index in [9.17, 15) is 8.42 Å². The monoisotopic (exact) mass is 317 g/mol. The Morgan fingerprint density at radius 1 is 1.14 bits per heavy atom. The Kier molecular flexibility index (Phi) is 3.50. The summed E-state index contributed by atoms with van der Waals surface area (Å²) in [5.41, 5.74) is 2.06. The maximum atomic E-state index is 12.4. The van der Waals surface area contributed by atoms with Gasteiger partial charge in [0.15, 0.2) is 0 Å². The van der Waals surface area contributed by atoms with Crippen molar-refractivity contribution >= 4 is 26.7 Å². The minimum atomic E-state index is -3.64. The van der Waals surface area contributed by atoms with Gasteiger partial charge in [0.25, 0.3) is 10.0 Å². The van der Waals surface area contributed by atoms with Crippen molar-refractivity contribution in [3.63, 3.8) is 0 Å². The average molecular weight is 317 g/mol. The van der Waals surface area contributed by atoms with Crippen LogP contribution in [0.5, 0.6) is 5.75 Å². The molecule has 0 spiro atoms. The number of methoxy groups -OCH3 is 1. The average Bonchev–Trinajstić information content (AvgIpc) is 2.86. The second kappa shape index (κ2) is 5.34. The summed E-state index contributed by atoms with van der Waals surface area (Å²) < 4.78 is 32.3. The SMILES string of the molecule is COc1ccc(S(=O)(=O)Nc2ccc3nc(C)[nH]c3c2)cc1. The topological polar surface area (TPSA) is 84.1 Å². The highest BCUT2D eigenvalue weighted by Crippen LogP contribution is 2.21. The van der Waals surface area contributed by atoms with E-state index in [-0.39, 0.29) is 4.90 Å². The van der Waals surface area contributed by atoms with Crippen LogP contribution in [0, 0.1) is 6.92 Å². The number of aryl methyl sites for hydroxylation is 1. The molecule has 114 valence electrons. The first-order valence-electron chi connectivity index (χ1n) is 6.61. The maximum Gasteiger partial charge on any atom is 0.261 e. The molecule has 0 saturated heterocycles. The van der Waals surface area contributed by atoms with Crippen LogP contribution >= 0.6 is 0 Å². The summed E-state index contributed by atoms with van der Waals surface area (Å²) >= 11 is 0. The van der Waals surface area contributed by atoms with E-state index in [1.807, 2.05) is 6.92 Å². The molecule has 0 aliphatic rings. The first-order valence-corrected chi connectivity index (χ1v) is 8.09. The molecule has 3 rings (SSSR count). The summed E-state index contributed by atoms with van der Waals surface area (Å²) in [6.45, 7) is 1.85. The van der Waals surface area contributed by atoms with E-state index in [4.69, 9.17) is 4.74 Å². The minimum Gasteiger partial charge on any atom is -0.497 e. The fourth-order valence-corrected chi connectivity index (χ4v) is 3.22. The Hall–Kier alpha value is -2.54. The fraction of sp³-hybridized carbons (Fsp3) is 0.133. The van der Waals surface area contributed by atoms with Gasteiger partial charge in [-0.2, -0.15) is 0 Å². The summed E-state index contributed by atoms with van der Waals surface area (Å²) in [7, 11) is -2.11. The Balaban J connectivity index is 1.91.